The first-order chi connectivity index (χ1) is 12.3. The van der Waals surface area contributed by atoms with E-state index in [1.54, 1.807) is 12.1 Å². The van der Waals surface area contributed by atoms with Crippen molar-refractivity contribution in [2.75, 3.05) is 20.6 Å². The van der Waals surface area contributed by atoms with Crippen molar-refractivity contribution in [1.29, 1.82) is 0 Å². The number of rotatable bonds is 6. The van der Waals surface area contributed by atoms with Crippen molar-refractivity contribution < 1.29 is 13.9 Å². The first-order valence-electron chi connectivity index (χ1n) is 9.16. The summed E-state index contributed by atoms with van der Waals surface area (Å²) in [5.41, 5.74) is 1.26. The molecule has 1 aliphatic carbocycles. The van der Waals surface area contributed by atoms with Crippen molar-refractivity contribution in [1.82, 2.24) is 10.2 Å². The number of carbonyl (C=O) groups is 1. The highest BCUT2D eigenvalue weighted by Gasteiger charge is 2.36. The number of ether oxygens (including phenoxy) is 1. The van der Waals surface area contributed by atoms with Gasteiger partial charge in [0.15, 0.2) is 4.67 Å². The van der Waals surface area contributed by atoms with Gasteiger partial charge in [-0.15, -0.1) is 0 Å². The van der Waals surface area contributed by atoms with E-state index in [9.17, 15) is 4.79 Å². The Hall–Kier alpha value is -1.53. The zero-order chi connectivity index (χ0) is 18.9. The van der Waals surface area contributed by atoms with Gasteiger partial charge in [-0.3, -0.25) is 4.79 Å². The maximum absolute atomic E-state index is 12.8. The molecule has 0 bridgehead atoms. The Labute approximate surface area is 163 Å². The van der Waals surface area contributed by atoms with E-state index < -0.39 is 0 Å². The SMILES string of the molecule is CC(C)Oc1cc(C(=O)NCC2(N(C)C)CCCC2)cc2oc(Br)cc12. The number of hydrogen-bond donors (Lipinski definition) is 1. The van der Waals surface area contributed by atoms with Crippen molar-refractivity contribution in [2.24, 2.45) is 0 Å². The van der Waals surface area contributed by atoms with Gasteiger partial charge in [0.05, 0.1) is 11.5 Å². The zero-order valence-corrected chi connectivity index (χ0v) is 17.5. The van der Waals surface area contributed by atoms with Gasteiger partial charge in [-0.25, -0.2) is 0 Å². The van der Waals surface area contributed by atoms with Crippen LogP contribution in [0.4, 0.5) is 0 Å². The first-order valence-corrected chi connectivity index (χ1v) is 9.95. The van der Waals surface area contributed by atoms with E-state index in [0.29, 0.717) is 28.1 Å². The summed E-state index contributed by atoms with van der Waals surface area (Å²) in [5, 5.41) is 3.99. The molecule has 1 aliphatic rings. The topological polar surface area (TPSA) is 54.7 Å². The van der Waals surface area contributed by atoms with Gasteiger partial charge in [-0.05, 0) is 68.8 Å². The Bertz CT molecular complexity index is 792. The smallest absolute Gasteiger partial charge is 0.251 e. The third kappa shape index (κ3) is 3.91. The van der Waals surface area contributed by atoms with Gasteiger partial charge in [0, 0.05) is 23.7 Å². The van der Waals surface area contributed by atoms with E-state index in [4.69, 9.17) is 9.15 Å². The molecule has 1 aromatic heterocycles. The van der Waals surface area contributed by atoms with Gasteiger partial charge in [0.25, 0.3) is 5.91 Å². The third-order valence-corrected chi connectivity index (χ3v) is 5.65. The molecule has 142 valence electrons. The average molecular weight is 423 g/mol. The lowest BCUT2D eigenvalue weighted by Crippen LogP contribution is -2.50. The number of amides is 1. The van der Waals surface area contributed by atoms with E-state index in [-0.39, 0.29) is 17.6 Å². The summed E-state index contributed by atoms with van der Waals surface area (Å²) in [7, 11) is 4.19. The van der Waals surface area contributed by atoms with Crippen LogP contribution in [0.15, 0.2) is 27.3 Å². The quantitative estimate of drug-likeness (QED) is 0.739. The fourth-order valence-corrected chi connectivity index (χ4v) is 4.12. The molecule has 0 spiro atoms. The summed E-state index contributed by atoms with van der Waals surface area (Å²) in [6, 6.07) is 5.45. The van der Waals surface area contributed by atoms with E-state index in [0.717, 1.165) is 18.2 Å². The van der Waals surface area contributed by atoms with E-state index in [2.05, 4.69) is 40.2 Å². The molecule has 1 aromatic carbocycles. The van der Waals surface area contributed by atoms with Gasteiger partial charge in [-0.1, -0.05) is 12.8 Å². The molecule has 0 atom stereocenters. The third-order valence-electron chi connectivity index (χ3n) is 5.26. The minimum Gasteiger partial charge on any atom is -0.490 e. The number of fused-ring (bicyclic) bond motifs is 1. The number of nitrogens with one attached hydrogen (secondary N) is 1. The predicted octanol–water partition coefficient (Wildman–Crippen LogP) is 4.59. The number of nitrogens with zero attached hydrogens (tertiary/aromatic N) is 1. The summed E-state index contributed by atoms with van der Waals surface area (Å²) >= 11 is 3.36. The molecule has 1 N–H and O–H groups in total. The minimum absolute atomic E-state index is 0.0145. The minimum atomic E-state index is -0.0962. The van der Waals surface area contributed by atoms with Crippen LogP contribution in [0.3, 0.4) is 0 Å². The van der Waals surface area contributed by atoms with Crippen molar-refractivity contribution in [2.45, 2.75) is 51.2 Å². The molecular formula is C20H27BrN2O3. The van der Waals surface area contributed by atoms with Crippen LogP contribution < -0.4 is 10.1 Å². The van der Waals surface area contributed by atoms with Crippen LogP contribution in [0.5, 0.6) is 5.75 Å². The molecule has 5 nitrogen and oxygen atoms in total. The summed E-state index contributed by atoms with van der Waals surface area (Å²) in [6.45, 7) is 4.59. The Balaban J connectivity index is 1.83. The Morgan fingerprint density at radius 2 is 2.00 bits per heavy atom. The highest BCUT2D eigenvalue weighted by molar-refractivity contribution is 9.10. The molecule has 0 unspecified atom stereocenters. The Kier molecular flexibility index (Phi) is 5.63. The summed E-state index contributed by atoms with van der Waals surface area (Å²) in [5.74, 6) is 0.571. The fourth-order valence-electron chi connectivity index (χ4n) is 3.72. The van der Waals surface area contributed by atoms with Crippen LogP contribution in [0.1, 0.15) is 49.9 Å². The maximum Gasteiger partial charge on any atom is 0.251 e. The molecule has 0 radical (unpaired) electrons. The highest BCUT2D eigenvalue weighted by Crippen LogP contribution is 2.35. The van der Waals surface area contributed by atoms with Crippen LogP contribution in [0.25, 0.3) is 11.0 Å². The lowest BCUT2D eigenvalue weighted by Gasteiger charge is -2.36. The molecule has 6 heteroatoms. The van der Waals surface area contributed by atoms with E-state index in [1.807, 2.05) is 19.9 Å². The zero-order valence-electron chi connectivity index (χ0n) is 15.9. The van der Waals surface area contributed by atoms with E-state index in [1.165, 1.54) is 12.8 Å². The lowest BCUT2D eigenvalue weighted by atomic mass is 9.96. The highest BCUT2D eigenvalue weighted by atomic mass is 79.9. The Morgan fingerprint density at radius 3 is 2.62 bits per heavy atom. The van der Waals surface area contributed by atoms with Crippen molar-refractivity contribution in [3.05, 3.63) is 28.4 Å². The predicted molar refractivity (Wildman–Crippen MR) is 107 cm³/mol. The molecule has 3 rings (SSSR count). The number of furan rings is 1. The molecule has 0 saturated heterocycles. The molecule has 1 heterocycles. The Morgan fingerprint density at radius 1 is 1.31 bits per heavy atom. The van der Waals surface area contributed by atoms with Gasteiger partial charge >= 0.3 is 0 Å². The number of halogens is 1. The van der Waals surface area contributed by atoms with Crippen LogP contribution in [0, 0.1) is 0 Å². The monoisotopic (exact) mass is 422 g/mol. The van der Waals surface area contributed by atoms with Crippen LogP contribution in [0.2, 0.25) is 0 Å². The van der Waals surface area contributed by atoms with Gasteiger partial charge in [0.2, 0.25) is 0 Å². The molecule has 2 aromatic rings. The number of carbonyl (C=O) groups excluding carboxylic acids is 1. The molecule has 1 saturated carbocycles. The molecular weight excluding hydrogens is 396 g/mol. The van der Waals surface area contributed by atoms with Crippen LogP contribution in [-0.4, -0.2) is 43.1 Å². The summed E-state index contributed by atoms with van der Waals surface area (Å²) in [4.78, 5) is 15.1. The van der Waals surface area contributed by atoms with Crippen LogP contribution in [-0.2, 0) is 0 Å². The summed E-state index contributed by atoms with van der Waals surface area (Å²) < 4.78 is 12.2. The molecule has 26 heavy (non-hydrogen) atoms. The van der Waals surface area contributed by atoms with Crippen molar-refractivity contribution >= 4 is 32.8 Å². The first kappa shape index (κ1) is 19.2. The molecule has 1 fully saturated rings. The fraction of sp³-hybridized carbons (Fsp3) is 0.550. The average Bonchev–Trinajstić information content (AvgIpc) is 3.18. The largest absolute Gasteiger partial charge is 0.490 e. The second-order valence-corrected chi connectivity index (χ2v) is 8.39. The number of hydrogen-bond acceptors (Lipinski definition) is 4. The maximum atomic E-state index is 12.8. The second-order valence-electron chi connectivity index (χ2n) is 7.61. The number of likely N-dealkylation sites (N-methyl/N-ethyl adjacent to an activating group) is 1. The standard InChI is InChI=1S/C20H27BrN2O3/c1-13(2)25-16-9-14(10-17-15(16)11-18(21)26-17)19(24)22-12-20(23(3)4)7-5-6-8-20/h9-11,13H,5-8,12H2,1-4H3,(H,22,24). The lowest BCUT2D eigenvalue weighted by molar-refractivity contribution is 0.0899. The normalized spacial score (nSPS) is 16.6. The molecule has 1 amide bonds. The number of benzene rings is 1. The van der Waals surface area contributed by atoms with Crippen LogP contribution >= 0.6 is 15.9 Å². The molecule has 0 aliphatic heterocycles. The van der Waals surface area contributed by atoms with Crippen molar-refractivity contribution in [3.8, 4) is 5.75 Å². The van der Waals surface area contributed by atoms with Gasteiger partial charge in [0.1, 0.15) is 11.3 Å². The second kappa shape index (κ2) is 7.61. The summed E-state index contributed by atoms with van der Waals surface area (Å²) in [6.07, 6.45) is 4.68. The van der Waals surface area contributed by atoms with Crippen molar-refractivity contribution in [3.63, 3.8) is 0 Å². The van der Waals surface area contributed by atoms with E-state index >= 15 is 0 Å². The van der Waals surface area contributed by atoms with Gasteiger partial charge in [-0.2, -0.15) is 0 Å². The van der Waals surface area contributed by atoms with Gasteiger partial charge < -0.3 is 19.4 Å².